The van der Waals surface area contributed by atoms with E-state index in [0.717, 1.165) is 11.5 Å². The number of nitrogens with zero attached hydrogens (tertiary/aromatic N) is 2. The third-order valence-electron chi connectivity index (χ3n) is 2.29. The Hall–Kier alpha value is -1.73. The van der Waals surface area contributed by atoms with E-state index in [0.29, 0.717) is 23.3 Å². The molecule has 0 saturated carbocycles. The van der Waals surface area contributed by atoms with Gasteiger partial charge < -0.3 is 21.6 Å². The first-order chi connectivity index (χ1) is 8.58. The maximum absolute atomic E-state index is 5.74. The Morgan fingerprint density at radius 1 is 1.28 bits per heavy atom. The number of anilines is 2. The van der Waals surface area contributed by atoms with Gasteiger partial charge in [0, 0.05) is 12.6 Å². The van der Waals surface area contributed by atoms with Gasteiger partial charge in [0.25, 0.3) is 0 Å². The number of hydrogen-bond acceptors (Lipinski definition) is 7. The zero-order valence-electron chi connectivity index (χ0n) is 9.96. The monoisotopic (exact) mass is 265 g/mol. The Balaban J connectivity index is 2.20. The summed E-state index contributed by atoms with van der Waals surface area (Å²) in [6.07, 6.45) is 0. The minimum atomic E-state index is -0.0556. The molecule has 0 spiro atoms. The van der Waals surface area contributed by atoms with Crippen LogP contribution in [-0.4, -0.2) is 16.5 Å². The van der Waals surface area contributed by atoms with Gasteiger partial charge in [0.1, 0.15) is 23.2 Å². The Morgan fingerprint density at radius 3 is 2.44 bits per heavy atom. The van der Waals surface area contributed by atoms with Gasteiger partial charge in [-0.3, -0.25) is 0 Å². The summed E-state index contributed by atoms with van der Waals surface area (Å²) >= 11 is 1.38. The maximum Gasteiger partial charge on any atom is 0.192 e. The van der Waals surface area contributed by atoms with Crippen LogP contribution < -0.4 is 17.2 Å². The lowest BCUT2D eigenvalue weighted by atomic mass is 10.3. The fraction of sp³-hybridized carbons (Fsp3) is 0.273. The molecule has 1 atom stereocenters. The molecule has 0 aliphatic heterocycles. The number of hydrogen-bond donors (Lipinski definition) is 3. The molecule has 2 aromatic rings. The van der Waals surface area contributed by atoms with E-state index in [1.807, 2.05) is 19.1 Å². The average Bonchev–Trinajstić information content (AvgIpc) is 2.71. The van der Waals surface area contributed by atoms with Crippen molar-refractivity contribution in [2.24, 2.45) is 5.73 Å². The number of nitrogens with two attached hydrogens (primary N) is 3. The Labute approximate surface area is 109 Å². The molecule has 0 aromatic carbocycles. The summed E-state index contributed by atoms with van der Waals surface area (Å²) in [4.78, 5) is 8.21. The number of aromatic nitrogens is 2. The molecule has 0 saturated heterocycles. The van der Waals surface area contributed by atoms with Crippen LogP contribution in [-0.2, 0) is 0 Å². The second-order valence-electron chi connectivity index (χ2n) is 3.79. The van der Waals surface area contributed by atoms with Gasteiger partial charge in [0.05, 0.1) is 5.25 Å². The van der Waals surface area contributed by atoms with E-state index in [2.05, 4.69) is 9.97 Å². The molecule has 2 rings (SSSR count). The second kappa shape index (κ2) is 5.28. The number of nitrogen functional groups attached to an aromatic ring is 2. The van der Waals surface area contributed by atoms with Crippen molar-refractivity contribution in [1.82, 2.24) is 9.97 Å². The molecule has 0 bridgehead atoms. The van der Waals surface area contributed by atoms with Crippen molar-refractivity contribution >= 4 is 23.4 Å². The molecule has 0 amide bonds. The van der Waals surface area contributed by atoms with E-state index in [-0.39, 0.29) is 5.25 Å². The van der Waals surface area contributed by atoms with Gasteiger partial charge in [-0.15, -0.1) is 0 Å². The molecule has 1 unspecified atom stereocenters. The normalized spacial score (nSPS) is 12.6. The lowest BCUT2D eigenvalue weighted by molar-refractivity contribution is 0.481. The second-order valence-corrected chi connectivity index (χ2v) is 4.96. The molecule has 2 heterocycles. The van der Waals surface area contributed by atoms with Crippen LogP contribution in [0.2, 0.25) is 0 Å². The van der Waals surface area contributed by atoms with E-state index in [9.17, 15) is 0 Å². The average molecular weight is 265 g/mol. The van der Waals surface area contributed by atoms with Crippen molar-refractivity contribution in [3.8, 4) is 0 Å². The van der Waals surface area contributed by atoms with Crippen molar-refractivity contribution in [1.29, 1.82) is 0 Å². The summed E-state index contributed by atoms with van der Waals surface area (Å²) in [6, 6.07) is 5.31. The summed E-state index contributed by atoms with van der Waals surface area (Å²) in [5.41, 5.74) is 17.0. The zero-order valence-corrected chi connectivity index (χ0v) is 10.8. The van der Waals surface area contributed by atoms with E-state index < -0.39 is 0 Å². The van der Waals surface area contributed by atoms with Gasteiger partial charge in [0.2, 0.25) is 0 Å². The lowest BCUT2D eigenvalue weighted by Crippen LogP contribution is -2.10. The van der Waals surface area contributed by atoms with Crippen LogP contribution in [0.5, 0.6) is 0 Å². The van der Waals surface area contributed by atoms with E-state index >= 15 is 0 Å². The summed E-state index contributed by atoms with van der Waals surface area (Å²) in [7, 11) is 0. The van der Waals surface area contributed by atoms with Crippen molar-refractivity contribution in [2.75, 3.05) is 18.0 Å². The summed E-state index contributed by atoms with van der Waals surface area (Å²) in [5, 5.41) is 0.442. The highest BCUT2D eigenvalue weighted by Crippen LogP contribution is 2.33. The van der Waals surface area contributed by atoms with Crippen molar-refractivity contribution in [3.63, 3.8) is 0 Å². The van der Waals surface area contributed by atoms with Crippen LogP contribution in [0.1, 0.15) is 16.8 Å². The first kappa shape index (κ1) is 12.7. The molecule has 96 valence electrons. The number of furan rings is 1. The molecule has 0 aliphatic rings. The van der Waals surface area contributed by atoms with Gasteiger partial charge in [-0.1, -0.05) is 11.8 Å². The minimum absolute atomic E-state index is 0.0556. The first-order valence-electron chi connectivity index (χ1n) is 5.41. The molecular weight excluding hydrogens is 250 g/mol. The van der Waals surface area contributed by atoms with Gasteiger partial charge in [-0.2, -0.15) is 0 Å². The Morgan fingerprint density at radius 2 is 1.94 bits per heavy atom. The molecule has 7 heteroatoms. The van der Waals surface area contributed by atoms with Crippen LogP contribution in [0.15, 0.2) is 27.8 Å². The number of aryl methyl sites for hydroxylation is 1. The van der Waals surface area contributed by atoms with Gasteiger partial charge in [0.15, 0.2) is 5.16 Å². The minimum Gasteiger partial charge on any atom is -0.465 e. The SMILES string of the molecule is Cc1ccc(C(CN)Sc2nc(N)cc(N)n2)o1. The standard InChI is InChI=1S/C11H15N5OS/c1-6-2-3-7(17-6)8(5-12)18-11-15-9(13)4-10(14)16-11/h2-4,8H,5,12H2,1H3,(H4,13,14,15,16). The number of rotatable bonds is 4. The Bertz CT molecular complexity index is 522. The fourth-order valence-corrected chi connectivity index (χ4v) is 2.40. The van der Waals surface area contributed by atoms with E-state index in [1.165, 1.54) is 17.8 Å². The largest absolute Gasteiger partial charge is 0.465 e. The highest BCUT2D eigenvalue weighted by molar-refractivity contribution is 7.99. The molecule has 6 N–H and O–H groups in total. The van der Waals surface area contributed by atoms with Crippen LogP contribution in [0.3, 0.4) is 0 Å². The van der Waals surface area contributed by atoms with Crippen LogP contribution in [0, 0.1) is 6.92 Å². The predicted octanol–water partition coefficient (Wildman–Crippen LogP) is 1.33. The highest BCUT2D eigenvalue weighted by atomic mass is 32.2. The zero-order chi connectivity index (χ0) is 13.1. The van der Waals surface area contributed by atoms with Crippen LogP contribution >= 0.6 is 11.8 Å². The number of thioether (sulfide) groups is 1. The molecule has 0 aliphatic carbocycles. The molecule has 0 radical (unpaired) electrons. The summed E-state index contributed by atoms with van der Waals surface area (Å²) in [6.45, 7) is 2.30. The van der Waals surface area contributed by atoms with Crippen molar-refractivity contribution < 1.29 is 4.42 Å². The third-order valence-corrected chi connectivity index (χ3v) is 3.39. The first-order valence-corrected chi connectivity index (χ1v) is 6.29. The topological polar surface area (TPSA) is 117 Å². The van der Waals surface area contributed by atoms with Gasteiger partial charge >= 0.3 is 0 Å². The molecule has 0 fully saturated rings. The Kier molecular flexibility index (Phi) is 3.73. The maximum atomic E-state index is 5.74. The quantitative estimate of drug-likeness (QED) is 0.564. The highest BCUT2D eigenvalue weighted by Gasteiger charge is 2.17. The van der Waals surface area contributed by atoms with E-state index in [1.54, 1.807) is 0 Å². The molecular formula is C11H15N5OS. The van der Waals surface area contributed by atoms with Gasteiger partial charge in [-0.25, -0.2) is 9.97 Å². The third kappa shape index (κ3) is 2.93. The van der Waals surface area contributed by atoms with Crippen LogP contribution in [0.4, 0.5) is 11.6 Å². The van der Waals surface area contributed by atoms with E-state index in [4.69, 9.17) is 21.6 Å². The molecule has 6 nitrogen and oxygen atoms in total. The summed E-state index contributed by atoms with van der Waals surface area (Å²) in [5.74, 6) is 2.33. The summed E-state index contributed by atoms with van der Waals surface area (Å²) < 4.78 is 5.55. The van der Waals surface area contributed by atoms with Crippen molar-refractivity contribution in [2.45, 2.75) is 17.3 Å². The smallest absolute Gasteiger partial charge is 0.192 e. The fourth-order valence-electron chi connectivity index (χ4n) is 1.49. The van der Waals surface area contributed by atoms with Gasteiger partial charge in [-0.05, 0) is 19.1 Å². The lowest BCUT2D eigenvalue weighted by Gasteiger charge is -2.11. The van der Waals surface area contributed by atoms with Crippen LogP contribution in [0.25, 0.3) is 0 Å². The van der Waals surface area contributed by atoms with Crippen molar-refractivity contribution in [3.05, 3.63) is 29.7 Å². The molecule has 18 heavy (non-hydrogen) atoms. The molecule has 2 aromatic heterocycles. The predicted molar refractivity (Wildman–Crippen MR) is 72.0 cm³/mol.